The summed E-state index contributed by atoms with van der Waals surface area (Å²) in [5, 5.41) is 0. The molecule has 0 radical (unpaired) electrons. The molecule has 4 aliphatic rings. The third-order valence-corrected chi connectivity index (χ3v) is 10.8. The van der Waals surface area contributed by atoms with Crippen LogP contribution in [0.5, 0.6) is 0 Å². The zero-order chi connectivity index (χ0) is 22.8. The Morgan fingerprint density at radius 1 is 0.677 bits per heavy atom. The summed E-state index contributed by atoms with van der Waals surface area (Å²) in [7, 11) is 0. The Balaban J connectivity index is 0.000000628. The average molecular weight is 431 g/mol. The minimum absolute atomic E-state index is 0.677. The minimum Gasteiger partial charge on any atom is -0.0630 e. The maximum Gasteiger partial charge on any atom is -0.0264 e. The van der Waals surface area contributed by atoms with Crippen LogP contribution in [0.1, 0.15) is 139 Å². The summed E-state index contributed by atoms with van der Waals surface area (Å²) < 4.78 is 0. The van der Waals surface area contributed by atoms with Crippen LogP contribution in [-0.2, 0) is 0 Å². The van der Waals surface area contributed by atoms with Crippen molar-refractivity contribution in [2.45, 2.75) is 139 Å². The van der Waals surface area contributed by atoms with Crippen molar-refractivity contribution in [3.05, 3.63) is 0 Å². The zero-order valence-electron chi connectivity index (χ0n) is 22.8. The standard InChI is InChI=1S/C27H48.C4H10/c1-19(2)9-8-10-20(3)23-14-15-24-22-13-12-21-11-6-7-17-26(21,4)25(22)16-18-27(23,24)5;1-4(2)3/h19-25H,6-18H2,1-5H3;4H,1-3H3/t20-,21?,22?,23?,24?,25?,26?,27?;/m1./s1. The van der Waals surface area contributed by atoms with E-state index in [-0.39, 0.29) is 0 Å². The van der Waals surface area contributed by atoms with Crippen molar-refractivity contribution in [3.8, 4) is 0 Å². The number of hydrogen-bond donors (Lipinski definition) is 0. The van der Waals surface area contributed by atoms with Gasteiger partial charge in [0.05, 0.1) is 0 Å². The molecule has 7 unspecified atom stereocenters. The quantitative estimate of drug-likeness (QED) is 0.407. The van der Waals surface area contributed by atoms with E-state index in [1.54, 1.807) is 51.4 Å². The molecule has 0 aromatic carbocycles. The van der Waals surface area contributed by atoms with Crippen molar-refractivity contribution in [3.63, 3.8) is 0 Å². The summed E-state index contributed by atoms with van der Waals surface area (Å²) in [5.74, 6) is 7.98. The van der Waals surface area contributed by atoms with Gasteiger partial charge in [0, 0.05) is 0 Å². The maximum atomic E-state index is 2.75. The average Bonchev–Trinajstić information content (AvgIpc) is 3.04. The fraction of sp³-hybridized carbons (Fsp3) is 1.00. The van der Waals surface area contributed by atoms with Gasteiger partial charge in [0.15, 0.2) is 0 Å². The van der Waals surface area contributed by atoms with Gasteiger partial charge in [-0.2, -0.15) is 0 Å². The molecule has 31 heavy (non-hydrogen) atoms. The molecular formula is C31H58. The van der Waals surface area contributed by atoms with Crippen LogP contribution in [0, 0.1) is 58.2 Å². The molecule has 0 heterocycles. The van der Waals surface area contributed by atoms with Crippen molar-refractivity contribution >= 4 is 0 Å². The topological polar surface area (TPSA) is 0 Å². The first-order chi connectivity index (χ1) is 14.6. The fourth-order valence-electron chi connectivity index (χ4n) is 9.32. The Labute approximate surface area is 197 Å². The third kappa shape index (κ3) is 5.40. The molecule has 0 nitrogen and oxygen atoms in total. The lowest BCUT2D eigenvalue weighted by molar-refractivity contribution is -0.114. The summed E-state index contributed by atoms with van der Waals surface area (Å²) in [4.78, 5) is 0. The van der Waals surface area contributed by atoms with E-state index in [9.17, 15) is 0 Å². The zero-order valence-corrected chi connectivity index (χ0v) is 22.8. The molecule has 4 fully saturated rings. The Kier molecular flexibility index (Phi) is 8.68. The van der Waals surface area contributed by atoms with E-state index in [0.29, 0.717) is 10.8 Å². The van der Waals surface area contributed by atoms with E-state index < -0.39 is 0 Å². The molecule has 0 saturated heterocycles. The Hall–Kier alpha value is 0. The van der Waals surface area contributed by atoms with Gasteiger partial charge in [0.2, 0.25) is 0 Å². The Morgan fingerprint density at radius 3 is 2.03 bits per heavy atom. The lowest BCUT2D eigenvalue weighted by Gasteiger charge is -2.61. The van der Waals surface area contributed by atoms with Gasteiger partial charge in [-0.05, 0) is 110 Å². The van der Waals surface area contributed by atoms with Crippen molar-refractivity contribution in [2.24, 2.45) is 58.2 Å². The molecule has 8 atom stereocenters. The highest BCUT2D eigenvalue weighted by atomic mass is 14.6. The highest BCUT2D eigenvalue weighted by molar-refractivity contribution is 5.09. The van der Waals surface area contributed by atoms with Crippen LogP contribution in [0.2, 0.25) is 0 Å². The molecule has 0 aliphatic heterocycles. The fourth-order valence-corrected chi connectivity index (χ4v) is 9.32. The predicted molar refractivity (Wildman–Crippen MR) is 138 cm³/mol. The molecule has 4 aliphatic carbocycles. The van der Waals surface area contributed by atoms with Crippen LogP contribution in [0.3, 0.4) is 0 Å². The molecular weight excluding hydrogens is 372 g/mol. The number of rotatable bonds is 5. The lowest BCUT2D eigenvalue weighted by atomic mass is 9.44. The Morgan fingerprint density at radius 2 is 1.35 bits per heavy atom. The summed E-state index contributed by atoms with van der Waals surface area (Å²) >= 11 is 0. The van der Waals surface area contributed by atoms with E-state index in [1.807, 2.05) is 0 Å². The highest BCUT2D eigenvalue weighted by Crippen LogP contribution is 2.68. The molecule has 0 aromatic heterocycles. The van der Waals surface area contributed by atoms with Gasteiger partial charge in [-0.1, -0.05) is 87.5 Å². The van der Waals surface area contributed by atoms with Gasteiger partial charge in [-0.3, -0.25) is 0 Å². The van der Waals surface area contributed by atoms with Crippen LogP contribution >= 0.6 is 0 Å². The molecule has 0 bridgehead atoms. The van der Waals surface area contributed by atoms with Crippen LogP contribution in [-0.4, -0.2) is 0 Å². The van der Waals surface area contributed by atoms with Crippen molar-refractivity contribution in [1.29, 1.82) is 0 Å². The molecule has 4 saturated carbocycles. The number of fused-ring (bicyclic) bond motifs is 5. The smallest absolute Gasteiger partial charge is 0.0264 e. The van der Waals surface area contributed by atoms with Crippen LogP contribution in [0.4, 0.5) is 0 Å². The molecule has 4 rings (SSSR count). The summed E-state index contributed by atoms with van der Waals surface area (Å²) in [5.41, 5.74) is 1.39. The van der Waals surface area contributed by atoms with E-state index >= 15 is 0 Å². The highest BCUT2D eigenvalue weighted by Gasteiger charge is 2.59. The summed E-state index contributed by atoms with van der Waals surface area (Å²) in [6, 6.07) is 0. The Bertz CT molecular complexity index is 543. The van der Waals surface area contributed by atoms with Crippen molar-refractivity contribution in [1.82, 2.24) is 0 Å². The second kappa shape index (κ2) is 10.5. The predicted octanol–water partition coefficient (Wildman–Crippen LogP) is 10.2. The molecule has 0 spiro atoms. The lowest BCUT2D eigenvalue weighted by Crippen LogP contribution is -2.53. The van der Waals surface area contributed by atoms with Crippen LogP contribution in [0.15, 0.2) is 0 Å². The largest absolute Gasteiger partial charge is 0.0630 e. The van der Waals surface area contributed by atoms with E-state index in [2.05, 4.69) is 55.4 Å². The molecule has 182 valence electrons. The summed E-state index contributed by atoms with van der Waals surface area (Å²) in [6.45, 7) is 19.4. The van der Waals surface area contributed by atoms with Gasteiger partial charge in [0.1, 0.15) is 0 Å². The first-order valence-corrected chi connectivity index (χ1v) is 14.6. The van der Waals surface area contributed by atoms with Gasteiger partial charge in [0.25, 0.3) is 0 Å². The monoisotopic (exact) mass is 430 g/mol. The van der Waals surface area contributed by atoms with Crippen LogP contribution < -0.4 is 0 Å². The van der Waals surface area contributed by atoms with E-state index in [0.717, 1.165) is 47.3 Å². The first kappa shape index (κ1) is 25.6. The van der Waals surface area contributed by atoms with Gasteiger partial charge < -0.3 is 0 Å². The first-order valence-electron chi connectivity index (χ1n) is 14.6. The van der Waals surface area contributed by atoms with Crippen LogP contribution in [0.25, 0.3) is 0 Å². The molecule has 0 amide bonds. The van der Waals surface area contributed by atoms with E-state index in [1.165, 1.54) is 32.1 Å². The molecule has 0 heteroatoms. The second-order valence-corrected chi connectivity index (χ2v) is 14.2. The minimum atomic E-state index is 0.677. The molecule has 0 aromatic rings. The second-order valence-electron chi connectivity index (χ2n) is 14.2. The van der Waals surface area contributed by atoms with Gasteiger partial charge in [-0.25, -0.2) is 0 Å². The molecule has 0 N–H and O–H groups in total. The normalized spacial score (nSPS) is 43.0. The third-order valence-electron chi connectivity index (χ3n) is 10.8. The van der Waals surface area contributed by atoms with Gasteiger partial charge in [-0.15, -0.1) is 0 Å². The summed E-state index contributed by atoms with van der Waals surface area (Å²) in [6.07, 6.45) is 19.9. The maximum absolute atomic E-state index is 2.75. The number of hydrogen-bond acceptors (Lipinski definition) is 0. The van der Waals surface area contributed by atoms with Gasteiger partial charge >= 0.3 is 0 Å². The SMILES string of the molecule is CC(C)C.CC(C)CCC[C@@H](C)C1CCC2C3CCC4CCCCC4(C)C3CCC21C. The van der Waals surface area contributed by atoms with Crippen molar-refractivity contribution in [2.75, 3.05) is 0 Å². The van der Waals surface area contributed by atoms with E-state index in [4.69, 9.17) is 0 Å². The van der Waals surface area contributed by atoms with Crippen molar-refractivity contribution < 1.29 is 0 Å².